The minimum Gasteiger partial charge on any atom is -0.371 e. The highest BCUT2D eigenvalue weighted by Crippen LogP contribution is 2.37. The molecule has 1 aliphatic heterocycles. The van der Waals surface area contributed by atoms with Gasteiger partial charge in [0.1, 0.15) is 0 Å². The van der Waals surface area contributed by atoms with Crippen molar-refractivity contribution in [2.24, 2.45) is 11.7 Å². The maximum atomic E-state index is 6.16. The lowest BCUT2D eigenvalue weighted by molar-refractivity contribution is 0.360. The van der Waals surface area contributed by atoms with Crippen LogP contribution in [0.2, 0.25) is 0 Å². The van der Waals surface area contributed by atoms with Crippen LogP contribution in [0, 0.1) is 5.92 Å². The van der Waals surface area contributed by atoms with Gasteiger partial charge >= 0.3 is 0 Å². The van der Waals surface area contributed by atoms with E-state index < -0.39 is 0 Å². The van der Waals surface area contributed by atoms with Crippen LogP contribution in [0.1, 0.15) is 33.6 Å². The first kappa shape index (κ1) is 15.2. The fourth-order valence-corrected chi connectivity index (χ4v) is 3.01. The zero-order chi connectivity index (χ0) is 14.8. The first-order valence-electron chi connectivity index (χ1n) is 7.76. The van der Waals surface area contributed by atoms with Crippen molar-refractivity contribution in [3.8, 4) is 0 Å². The van der Waals surface area contributed by atoms with Crippen molar-refractivity contribution in [3.63, 3.8) is 0 Å². The molecular formula is C17H29N3. The zero-order valence-electron chi connectivity index (χ0n) is 13.4. The number of nitrogens with zero attached hydrogens (tertiary/aromatic N) is 2. The van der Waals surface area contributed by atoms with Gasteiger partial charge in [-0.15, -0.1) is 0 Å². The highest BCUT2D eigenvalue weighted by Gasteiger charge is 2.34. The van der Waals surface area contributed by atoms with E-state index in [1.807, 2.05) is 0 Å². The molecule has 1 unspecified atom stereocenters. The average molecular weight is 275 g/mol. The third-order valence-corrected chi connectivity index (χ3v) is 4.59. The normalized spacial score (nSPS) is 18.1. The molecule has 1 aromatic carbocycles. The first-order chi connectivity index (χ1) is 9.48. The summed E-state index contributed by atoms with van der Waals surface area (Å²) in [4.78, 5) is 4.87. The molecule has 0 radical (unpaired) electrons. The van der Waals surface area contributed by atoms with Crippen molar-refractivity contribution in [1.82, 2.24) is 0 Å². The Morgan fingerprint density at radius 3 is 2.45 bits per heavy atom. The number of benzene rings is 1. The molecule has 1 aliphatic rings. The van der Waals surface area contributed by atoms with Gasteiger partial charge in [0.2, 0.25) is 0 Å². The number of fused-ring (bicyclic) bond motifs is 1. The number of nitrogens with two attached hydrogens (primary N) is 1. The molecule has 0 fully saturated rings. The van der Waals surface area contributed by atoms with Gasteiger partial charge in [-0.3, -0.25) is 0 Å². The molecule has 0 saturated carbocycles. The molecule has 0 aliphatic carbocycles. The second kappa shape index (κ2) is 6.04. The van der Waals surface area contributed by atoms with Crippen LogP contribution in [0.3, 0.4) is 0 Å². The molecule has 0 aromatic heterocycles. The lowest BCUT2D eigenvalue weighted by atomic mass is 9.88. The second-order valence-electron chi connectivity index (χ2n) is 6.70. The molecule has 1 atom stereocenters. The third-order valence-electron chi connectivity index (χ3n) is 4.59. The van der Waals surface area contributed by atoms with Crippen LogP contribution in [-0.2, 0) is 0 Å². The summed E-state index contributed by atoms with van der Waals surface area (Å²) in [6, 6.07) is 8.69. The van der Waals surface area contributed by atoms with E-state index >= 15 is 0 Å². The van der Waals surface area contributed by atoms with Crippen LogP contribution in [0.25, 0.3) is 0 Å². The minimum atomic E-state index is 0.0572. The van der Waals surface area contributed by atoms with Crippen molar-refractivity contribution < 1.29 is 0 Å². The standard InChI is InChI=1S/C17H29N3/c1-14(2)9-10-17(3,13-18)20-12-11-19(4)15-7-5-6-8-16(15)20/h5-8,14H,9-13,18H2,1-4H3. The molecule has 2 rings (SSSR count). The number of rotatable bonds is 5. The Bertz CT molecular complexity index is 444. The molecule has 0 amide bonds. The van der Waals surface area contributed by atoms with Gasteiger partial charge in [-0.25, -0.2) is 0 Å². The van der Waals surface area contributed by atoms with Crippen molar-refractivity contribution in [1.29, 1.82) is 0 Å². The number of para-hydroxylation sites is 2. The van der Waals surface area contributed by atoms with Crippen LogP contribution < -0.4 is 15.5 Å². The van der Waals surface area contributed by atoms with E-state index in [1.54, 1.807) is 0 Å². The monoisotopic (exact) mass is 275 g/mol. The Kier molecular flexibility index (Phi) is 4.59. The maximum absolute atomic E-state index is 6.16. The van der Waals surface area contributed by atoms with Gasteiger partial charge in [0, 0.05) is 32.2 Å². The number of likely N-dealkylation sites (N-methyl/N-ethyl adjacent to an activating group) is 1. The van der Waals surface area contributed by atoms with Crippen molar-refractivity contribution in [2.75, 3.05) is 36.5 Å². The summed E-state index contributed by atoms with van der Waals surface area (Å²) < 4.78 is 0. The van der Waals surface area contributed by atoms with E-state index in [0.717, 1.165) is 25.4 Å². The molecule has 3 heteroatoms. The lowest BCUT2D eigenvalue weighted by Crippen LogP contribution is -2.56. The van der Waals surface area contributed by atoms with Gasteiger partial charge < -0.3 is 15.5 Å². The summed E-state index contributed by atoms with van der Waals surface area (Å²) in [6.07, 6.45) is 2.38. The molecule has 1 heterocycles. The minimum absolute atomic E-state index is 0.0572. The van der Waals surface area contributed by atoms with Crippen LogP contribution in [0.4, 0.5) is 11.4 Å². The predicted octanol–water partition coefficient (Wildman–Crippen LogP) is 3.10. The van der Waals surface area contributed by atoms with E-state index in [-0.39, 0.29) is 5.54 Å². The van der Waals surface area contributed by atoms with E-state index in [1.165, 1.54) is 17.8 Å². The van der Waals surface area contributed by atoms with Gasteiger partial charge in [-0.1, -0.05) is 26.0 Å². The van der Waals surface area contributed by atoms with Gasteiger partial charge in [0.15, 0.2) is 0 Å². The summed E-state index contributed by atoms with van der Waals surface area (Å²) in [6.45, 7) is 9.71. The van der Waals surface area contributed by atoms with Crippen LogP contribution in [0.5, 0.6) is 0 Å². The summed E-state index contributed by atoms with van der Waals surface area (Å²) in [7, 11) is 2.17. The van der Waals surface area contributed by atoms with E-state index in [4.69, 9.17) is 5.73 Å². The van der Waals surface area contributed by atoms with Gasteiger partial charge in [-0.2, -0.15) is 0 Å². The summed E-state index contributed by atoms with van der Waals surface area (Å²) in [5.41, 5.74) is 8.87. The van der Waals surface area contributed by atoms with Crippen molar-refractivity contribution in [3.05, 3.63) is 24.3 Å². The highest BCUT2D eigenvalue weighted by molar-refractivity contribution is 5.74. The summed E-state index contributed by atoms with van der Waals surface area (Å²) >= 11 is 0. The third kappa shape index (κ3) is 2.93. The summed E-state index contributed by atoms with van der Waals surface area (Å²) in [5, 5.41) is 0. The van der Waals surface area contributed by atoms with E-state index in [0.29, 0.717) is 6.54 Å². The molecule has 0 saturated heterocycles. The second-order valence-corrected chi connectivity index (χ2v) is 6.70. The molecule has 2 N–H and O–H groups in total. The largest absolute Gasteiger partial charge is 0.371 e. The highest BCUT2D eigenvalue weighted by atomic mass is 15.3. The molecule has 112 valence electrons. The molecule has 20 heavy (non-hydrogen) atoms. The summed E-state index contributed by atoms with van der Waals surface area (Å²) in [5.74, 6) is 0.726. The van der Waals surface area contributed by atoms with Gasteiger partial charge in [-0.05, 0) is 37.8 Å². The topological polar surface area (TPSA) is 32.5 Å². The fourth-order valence-electron chi connectivity index (χ4n) is 3.01. The Morgan fingerprint density at radius 1 is 1.20 bits per heavy atom. The van der Waals surface area contributed by atoms with Crippen LogP contribution in [-0.4, -0.2) is 32.2 Å². The Morgan fingerprint density at radius 2 is 1.85 bits per heavy atom. The van der Waals surface area contributed by atoms with E-state index in [9.17, 15) is 0 Å². The SMILES string of the molecule is CC(C)CCC(C)(CN)N1CCN(C)c2ccccc21. The molecule has 0 bridgehead atoms. The Balaban J connectivity index is 2.29. The van der Waals surface area contributed by atoms with Crippen LogP contribution >= 0.6 is 0 Å². The maximum Gasteiger partial charge on any atom is 0.0609 e. The van der Waals surface area contributed by atoms with E-state index in [2.05, 4.69) is 61.9 Å². The molecule has 1 aromatic rings. The number of hydrogen-bond donors (Lipinski definition) is 1. The van der Waals surface area contributed by atoms with Gasteiger partial charge in [0.05, 0.1) is 11.4 Å². The lowest BCUT2D eigenvalue weighted by Gasteiger charge is -2.48. The molecule has 0 spiro atoms. The zero-order valence-corrected chi connectivity index (χ0v) is 13.4. The van der Waals surface area contributed by atoms with Crippen molar-refractivity contribution >= 4 is 11.4 Å². The Hall–Kier alpha value is -1.22. The van der Waals surface area contributed by atoms with Crippen molar-refractivity contribution in [2.45, 2.75) is 39.2 Å². The quantitative estimate of drug-likeness (QED) is 0.896. The number of hydrogen-bond acceptors (Lipinski definition) is 3. The first-order valence-corrected chi connectivity index (χ1v) is 7.76. The van der Waals surface area contributed by atoms with Crippen LogP contribution in [0.15, 0.2) is 24.3 Å². The predicted molar refractivity (Wildman–Crippen MR) is 88.6 cm³/mol. The smallest absolute Gasteiger partial charge is 0.0609 e. The molecule has 3 nitrogen and oxygen atoms in total. The van der Waals surface area contributed by atoms with Gasteiger partial charge in [0.25, 0.3) is 0 Å². The fraction of sp³-hybridized carbons (Fsp3) is 0.647. The number of anilines is 2. The Labute approximate surface area is 123 Å². The average Bonchev–Trinajstić information content (AvgIpc) is 2.45. The molecular weight excluding hydrogens is 246 g/mol.